The Morgan fingerprint density at radius 3 is 2.86 bits per heavy atom. The predicted octanol–water partition coefficient (Wildman–Crippen LogP) is 1.68. The highest BCUT2D eigenvalue weighted by molar-refractivity contribution is 7.13. The molecule has 0 saturated heterocycles. The van der Waals surface area contributed by atoms with Crippen molar-refractivity contribution in [1.82, 2.24) is 20.1 Å². The Hall–Kier alpha value is -2.22. The zero-order valence-electron chi connectivity index (χ0n) is 11.9. The molecular weight excluding hydrogens is 290 g/mol. The first-order valence-corrected chi connectivity index (χ1v) is 7.46. The number of nitrogens with one attached hydrogen (secondary N) is 2. The highest BCUT2D eigenvalue weighted by Gasteiger charge is 2.10. The minimum atomic E-state index is -0.232. The zero-order valence-corrected chi connectivity index (χ0v) is 12.7. The monoisotopic (exact) mass is 307 g/mol. The molecule has 7 nitrogen and oxygen atoms in total. The number of aromatic nitrogens is 3. The van der Waals surface area contributed by atoms with Gasteiger partial charge in [0.25, 0.3) is 5.91 Å². The zero-order chi connectivity index (χ0) is 15.2. The van der Waals surface area contributed by atoms with Crippen LogP contribution in [0.3, 0.4) is 0 Å². The van der Waals surface area contributed by atoms with Crippen LogP contribution in [0, 0.1) is 0 Å². The number of nitrogens with zero attached hydrogens (tertiary/aromatic N) is 3. The molecule has 112 valence electrons. The number of carbonyl (C=O) groups excluding carboxylic acids is 2. The molecule has 0 aliphatic rings. The summed E-state index contributed by atoms with van der Waals surface area (Å²) in [6.07, 6.45) is 5.03. The van der Waals surface area contributed by atoms with Crippen LogP contribution in [0.25, 0.3) is 0 Å². The van der Waals surface area contributed by atoms with E-state index in [1.165, 1.54) is 17.5 Å². The average Bonchev–Trinajstić information content (AvgIpc) is 3.09. The van der Waals surface area contributed by atoms with Gasteiger partial charge in [-0.05, 0) is 13.8 Å². The lowest BCUT2D eigenvalue weighted by atomic mass is 10.3. The number of hydrogen-bond donors (Lipinski definition) is 2. The second kappa shape index (κ2) is 6.98. The largest absolute Gasteiger partial charge is 0.351 e. The van der Waals surface area contributed by atoms with E-state index >= 15 is 0 Å². The molecule has 2 aromatic heterocycles. The summed E-state index contributed by atoms with van der Waals surface area (Å²) in [6, 6.07) is 0.204. The number of anilines is 1. The van der Waals surface area contributed by atoms with Gasteiger partial charge in [0.05, 0.1) is 11.8 Å². The van der Waals surface area contributed by atoms with Gasteiger partial charge >= 0.3 is 0 Å². The van der Waals surface area contributed by atoms with E-state index in [-0.39, 0.29) is 30.8 Å². The van der Waals surface area contributed by atoms with E-state index in [0.717, 1.165) is 0 Å². The molecule has 2 rings (SSSR count). The van der Waals surface area contributed by atoms with Crippen LogP contribution in [0.5, 0.6) is 0 Å². The maximum atomic E-state index is 11.9. The first-order valence-electron chi connectivity index (χ1n) is 6.58. The fourth-order valence-corrected chi connectivity index (χ4v) is 2.14. The first-order chi connectivity index (χ1) is 10.1. The van der Waals surface area contributed by atoms with Gasteiger partial charge in [-0.2, -0.15) is 5.10 Å². The molecule has 0 spiro atoms. The van der Waals surface area contributed by atoms with Gasteiger partial charge in [-0.15, -0.1) is 11.3 Å². The highest BCUT2D eigenvalue weighted by atomic mass is 32.1. The van der Waals surface area contributed by atoms with Crippen molar-refractivity contribution >= 4 is 28.3 Å². The molecule has 0 fully saturated rings. The molecular formula is C13H17N5O2S. The minimum Gasteiger partial charge on any atom is -0.351 e. The molecule has 0 aliphatic heterocycles. The van der Waals surface area contributed by atoms with Crippen molar-refractivity contribution in [2.24, 2.45) is 0 Å². The van der Waals surface area contributed by atoms with E-state index in [4.69, 9.17) is 0 Å². The predicted molar refractivity (Wildman–Crippen MR) is 80.3 cm³/mol. The van der Waals surface area contributed by atoms with Crippen molar-refractivity contribution in [1.29, 1.82) is 0 Å². The third kappa shape index (κ3) is 4.38. The van der Waals surface area contributed by atoms with E-state index < -0.39 is 0 Å². The SMILES string of the molecule is CC(C)n1cc(C(=O)NCCC(=O)Nc2nccs2)cn1. The van der Waals surface area contributed by atoms with Gasteiger partial charge in [-0.1, -0.05) is 0 Å². The molecule has 0 atom stereocenters. The second-order valence-electron chi connectivity index (χ2n) is 4.69. The van der Waals surface area contributed by atoms with Crippen LogP contribution in [-0.4, -0.2) is 33.1 Å². The number of amides is 2. The lowest BCUT2D eigenvalue weighted by Crippen LogP contribution is -2.27. The Balaban J connectivity index is 1.74. The third-order valence-corrected chi connectivity index (χ3v) is 3.40. The molecule has 2 amide bonds. The van der Waals surface area contributed by atoms with Crippen molar-refractivity contribution < 1.29 is 9.59 Å². The quantitative estimate of drug-likeness (QED) is 0.849. The Labute approximate surface area is 126 Å². The summed E-state index contributed by atoms with van der Waals surface area (Å²) in [5.74, 6) is -0.410. The molecule has 0 bridgehead atoms. The average molecular weight is 307 g/mol. The van der Waals surface area contributed by atoms with Gasteiger partial charge in [0, 0.05) is 36.8 Å². The van der Waals surface area contributed by atoms with E-state index in [9.17, 15) is 9.59 Å². The molecule has 0 radical (unpaired) electrons. The number of thiazole rings is 1. The summed E-state index contributed by atoms with van der Waals surface area (Å²) in [4.78, 5) is 27.4. The van der Waals surface area contributed by atoms with Crippen LogP contribution >= 0.6 is 11.3 Å². The highest BCUT2D eigenvalue weighted by Crippen LogP contribution is 2.10. The van der Waals surface area contributed by atoms with Crippen molar-refractivity contribution in [3.8, 4) is 0 Å². The van der Waals surface area contributed by atoms with Crippen LogP contribution in [-0.2, 0) is 4.79 Å². The molecule has 21 heavy (non-hydrogen) atoms. The Morgan fingerprint density at radius 1 is 1.43 bits per heavy atom. The fraction of sp³-hybridized carbons (Fsp3) is 0.385. The van der Waals surface area contributed by atoms with E-state index in [2.05, 4.69) is 20.7 Å². The molecule has 0 unspecified atom stereocenters. The topological polar surface area (TPSA) is 88.9 Å². The normalized spacial score (nSPS) is 10.6. The van der Waals surface area contributed by atoms with Crippen LogP contribution < -0.4 is 10.6 Å². The van der Waals surface area contributed by atoms with Gasteiger partial charge < -0.3 is 10.6 Å². The fourth-order valence-electron chi connectivity index (χ4n) is 1.60. The molecule has 8 heteroatoms. The van der Waals surface area contributed by atoms with Gasteiger partial charge in [-0.3, -0.25) is 14.3 Å². The minimum absolute atomic E-state index is 0.178. The first kappa shape index (κ1) is 15.2. The number of rotatable bonds is 6. The molecule has 0 aromatic carbocycles. The summed E-state index contributed by atoms with van der Waals surface area (Å²) in [5.41, 5.74) is 0.490. The van der Waals surface area contributed by atoms with Gasteiger partial charge in [0.15, 0.2) is 5.13 Å². The van der Waals surface area contributed by atoms with Crippen LogP contribution in [0.2, 0.25) is 0 Å². The van der Waals surface area contributed by atoms with Crippen LogP contribution in [0.15, 0.2) is 24.0 Å². The van der Waals surface area contributed by atoms with Crippen molar-refractivity contribution in [3.05, 3.63) is 29.5 Å². The van der Waals surface area contributed by atoms with Gasteiger partial charge in [0.1, 0.15) is 0 Å². The Kier molecular flexibility index (Phi) is 5.04. The summed E-state index contributed by atoms with van der Waals surface area (Å²) in [6.45, 7) is 4.23. The lowest BCUT2D eigenvalue weighted by Gasteiger charge is -2.04. The summed E-state index contributed by atoms with van der Waals surface area (Å²) in [7, 11) is 0. The van der Waals surface area contributed by atoms with E-state index in [0.29, 0.717) is 10.7 Å². The van der Waals surface area contributed by atoms with E-state index in [1.807, 2.05) is 13.8 Å². The van der Waals surface area contributed by atoms with Crippen molar-refractivity contribution in [2.75, 3.05) is 11.9 Å². The summed E-state index contributed by atoms with van der Waals surface area (Å²) < 4.78 is 1.71. The third-order valence-electron chi connectivity index (χ3n) is 2.71. The Bertz CT molecular complexity index is 606. The summed E-state index contributed by atoms with van der Waals surface area (Å²) in [5, 5.41) is 11.8. The molecule has 2 heterocycles. The number of hydrogen-bond acceptors (Lipinski definition) is 5. The molecule has 2 aromatic rings. The molecule has 0 saturated carbocycles. The summed E-state index contributed by atoms with van der Waals surface area (Å²) >= 11 is 1.35. The van der Waals surface area contributed by atoms with Crippen LogP contribution in [0.1, 0.15) is 36.7 Å². The second-order valence-corrected chi connectivity index (χ2v) is 5.59. The van der Waals surface area contributed by atoms with Gasteiger partial charge in [0.2, 0.25) is 5.91 Å². The maximum Gasteiger partial charge on any atom is 0.254 e. The maximum absolute atomic E-state index is 11.9. The number of carbonyl (C=O) groups is 2. The van der Waals surface area contributed by atoms with E-state index in [1.54, 1.807) is 22.5 Å². The Morgan fingerprint density at radius 2 is 2.24 bits per heavy atom. The van der Waals surface area contributed by atoms with Crippen LogP contribution in [0.4, 0.5) is 5.13 Å². The van der Waals surface area contributed by atoms with Gasteiger partial charge in [-0.25, -0.2) is 4.98 Å². The molecule has 2 N–H and O–H groups in total. The van der Waals surface area contributed by atoms with Crippen molar-refractivity contribution in [2.45, 2.75) is 26.3 Å². The smallest absolute Gasteiger partial charge is 0.254 e. The lowest BCUT2D eigenvalue weighted by molar-refractivity contribution is -0.116. The van der Waals surface area contributed by atoms with Crippen molar-refractivity contribution in [3.63, 3.8) is 0 Å². The molecule has 0 aliphatic carbocycles. The standard InChI is InChI=1S/C13H17N5O2S/c1-9(2)18-8-10(7-16-18)12(20)14-4-3-11(19)17-13-15-5-6-21-13/h5-9H,3-4H2,1-2H3,(H,14,20)(H,15,17,19).